The zero-order valence-electron chi connectivity index (χ0n) is 12.4. The predicted molar refractivity (Wildman–Crippen MR) is 79.6 cm³/mol. The van der Waals surface area contributed by atoms with Crippen LogP contribution in [0, 0.1) is 0 Å². The number of anilines is 1. The highest BCUT2D eigenvalue weighted by Gasteiger charge is 2.14. The minimum absolute atomic E-state index is 0.108. The van der Waals surface area contributed by atoms with E-state index in [1.165, 1.54) is 0 Å². The Bertz CT molecular complexity index is 451. The molecule has 1 rings (SSSR count). The predicted octanol–water partition coefficient (Wildman–Crippen LogP) is 1.10. The molecule has 0 bridgehead atoms. The molecule has 1 heterocycles. The fourth-order valence-corrected chi connectivity index (χ4v) is 1.75. The van der Waals surface area contributed by atoms with E-state index in [1.54, 1.807) is 18.3 Å². The Morgan fingerprint density at radius 2 is 2.14 bits per heavy atom. The average molecular weight is 294 g/mol. The van der Waals surface area contributed by atoms with Gasteiger partial charge in [-0.1, -0.05) is 6.07 Å². The number of hydrogen-bond donors (Lipinski definition) is 3. The number of pyridine rings is 1. The first-order valence-corrected chi connectivity index (χ1v) is 6.90. The van der Waals surface area contributed by atoms with Crippen LogP contribution in [0.4, 0.5) is 5.82 Å². The largest absolute Gasteiger partial charge is 0.481 e. The molecule has 0 spiro atoms. The summed E-state index contributed by atoms with van der Waals surface area (Å²) in [5.74, 6) is -0.447. The summed E-state index contributed by atoms with van der Waals surface area (Å²) in [6, 6.07) is 5.51. The summed E-state index contributed by atoms with van der Waals surface area (Å²) in [5, 5.41) is 8.64. The van der Waals surface area contributed by atoms with Crippen molar-refractivity contribution in [1.82, 2.24) is 15.3 Å². The molecule has 21 heavy (non-hydrogen) atoms. The summed E-state index contributed by atoms with van der Waals surface area (Å²) in [6.07, 6.45) is 2.26. The van der Waals surface area contributed by atoms with E-state index in [0.29, 0.717) is 18.8 Å². The number of carbonyl (C=O) groups is 2. The third-order valence-corrected chi connectivity index (χ3v) is 2.91. The van der Waals surface area contributed by atoms with E-state index in [1.807, 2.05) is 24.8 Å². The number of hydrazine groups is 1. The first-order valence-electron chi connectivity index (χ1n) is 6.90. The molecular weight excluding hydrogens is 272 g/mol. The first-order chi connectivity index (χ1) is 9.99. The fourth-order valence-electron chi connectivity index (χ4n) is 1.75. The van der Waals surface area contributed by atoms with Gasteiger partial charge in [0.05, 0.1) is 6.54 Å². The van der Waals surface area contributed by atoms with E-state index in [4.69, 9.17) is 5.11 Å². The summed E-state index contributed by atoms with van der Waals surface area (Å²) in [5.41, 5.74) is 5.31. The summed E-state index contributed by atoms with van der Waals surface area (Å²) in [7, 11) is 0. The third-order valence-electron chi connectivity index (χ3n) is 2.91. The normalized spacial score (nSPS) is 10.7. The van der Waals surface area contributed by atoms with E-state index >= 15 is 0 Å². The van der Waals surface area contributed by atoms with Crippen LogP contribution in [-0.2, 0) is 9.59 Å². The van der Waals surface area contributed by atoms with Crippen LogP contribution in [0.1, 0.15) is 26.7 Å². The van der Waals surface area contributed by atoms with Gasteiger partial charge in [0.25, 0.3) is 5.91 Å². The van der Waals surface area contributed by atoms with Gasteiger partial charge in [0.1, 0.15) is 5.82 Å². The van der Waals surface area contributed by atoms with Crippen molar-refractivity contribution in [2.45, 2.75) is 32.7 Å². The van der Waals surface area contributed by atoms with Crippen molar-refractivity contribution in [3.05, 3.63) is 24.4 Å². The van der Waals surface area contributed by atoms with Crippen LogP contribution < -0.4 is 10.9 Å². The van der Waals surface area contributed by atoms with E-state index in [-0.39, 0.29) is 24.9 Å². The second-order valence-corrected chi connectivity index (χ2v) is 4.95. The van der Waals surface area contributed by atoms with E-state index < -0.39 is 5.97 Å². The molecule has 1 amide bonds. The molecule has 3 N–H and O–H groups in total. The monoisotopic (exact) mass is 294 g/mol. The highest BCUT2D eigenvalue weighted by atomic mass is 16.4. The van der Waals surface area contributed by atoms with Crippen LogP contribution in [-0.4, -0.2) is 46.0 Å². The van der Waals surface area contributed by atoms with Gasteiger partial charge in [0.2, 0.25) is 0 Å². The maximum atomic E-state index is 11.9. The van der Waals surface area contributed by atoms with Gasteiger partial charge >= 0.3 is 5.97 Å². The van der Waals surface area contributed by atoms with Gasteiger partial charge < -0.3 is 5.11 Å². The summed E-state index contributed by atoms with van der Waals surface area (Å²) in [4.78, 5) is 28.3. The summed E-state index contributed by atoms with van der Waals surface area (Å²) >= 11 is 0. The highest BCUT2D eigenvalue weighted by Crippen LogP contribution is 2.02. The molecule has 0 aliphatic carbocycles. The van der Waals surface area contributed by atoms with Crippen molar-refractivity contribution >= 4 is 17.7 Å². The number of carboxylic acids is 1. The Balaban J connectivity index is 2.36. The highest BCUT2D eigenvalue weighted by molar-refractivity contribution is 5.79. The lowest BCUT2D eigenvalue weighted by molar-refractivity contribution is -0.137. The fraction of sp³-hybridized carbons (Fsp3) is 0.500. The second kappa shape index (κ2) is 8.91. The van der Waals surface area contributed by atoms with Crippen molar-refractivity contribution in [3.63, 3.8) is 0 Å². The number of rotatable bonds is 9. The van der Waals surface area contributed by atoms with Crippen LogP contribution in [0.15, 0.2) is 24.4 Å². The molecule has 1 aromatic rings. The van der Waals surface area contributed by atoms with Crippen LogP contribution in [0.5, 0.6) is 0 Å². The minimum atomic E-state index is -0.819. The Morgan fingerprint density at radius 3 is 2.71 bits per heavy atom. The maximum Gasteiger partial charge on any atom is 0.303 e. The Morgan fingerprint density at radius 1 is 1.38 bits per heavy atom. The van der Waals surface area contributed by atoms with E-state index in [2.05, 4.69) is 15.8 Å². The molecule has 0 saturated heterocycles. The summed E-state index contributed by atoms with van der Waals surface area (Å²) in [6.45, 7) is 4.72. The number of aromatic nitrogens is 1. The maximum absolute atomic E-state index is 11.9. The van der Waals surface area contributed by atoms with Gasteiger partial charge in [0.15, 0.2) is 0 Å². The molecule has 0 radical (unpaired) electrons. The van der Waals surface area contributed by atoms with Gasteiger partial charge in [-0.2, -0.15) is 0 Å². The standard InChI is InChI=1S/C14H22N4O3/c1-11(2)18(9-5-7-14(20)21)10-13(19)17-16-12-6-3-4-8-15-12/h3-4,6,8,11H,5,7,9-10H2,1-2H3,(H,15,16)(H,17,19)(H,20,21). The number of nitrogens with one attached hydrogen (secondary N) is 2. The van der Waals surface area contributed by atoms with Gasteiger partial charge in [-0.15, -0.1) is 0 Å². The van der Waals surface area contributed by atoms with Gasteiger partial charge in [-0.05, 0) is 38.9 Å². The van der Waals surface area contributed by atoms with Crippen molar-refractivity contribution < 1.29 is 14.7 Å². The third kappa shape index (κ3) is 7.26. The molecule has 0 fully saturated rings. The topological polar surface area (TPSA) is 94.6 Å². The molecule has 7 heteroatoms. The lowest BCUT2D eigenvalue weighted by Gasteiger charge is -2.25. The van der Waals surface area contributed by atoms with E-state index in [0.717, 1.165) is 0 Å². The van der Waals surface area contributed by atoms with Crippen molar-refractivity contribution in [3.8, 4) is 0 Å². The molecule has 0 aromatic carbocycles. The Labute approximate surface area is 124 Å². The van der Waals surface area contributed by atoms with Gasteiger partial charge in [-0.25, -0.2) is 4.98 Å². The molecule has 0 atom stereocenters. The Kier molecular flexibility index (Phi) is 7.17. The zero-order valence-corrected chi connectivity index (χ0v) is 12.4. The molecule has 0 saturated carbocycles. The lowest BCUT2D eigenvalue weighted by Crippen LogP contribution is -2.43. The van der Waals surface area contributed by atoms with Crippen LogP contribution in [0.2, 0.25) is 0 Å². The summed E-state index contributed by atoms with van der Waals surface area (Å²) < 4.78 is 0. The second-order valence-electron chi connectivity index (χ2n) is 4.95. The molecule has 7 nitrogen and oxygen atoms in total. The minimum Gasteiger partial charge on any atom is -0.481 e. The average Bonchev–Trinajstić information content (AvgIpc) is 2.44. The van der Waals surface area contributed by atoms with Crippen LogP contribution >= 0.6 is 0 Å². The number of nitrogens with zero attached hydrogens (tertiary/aromatic N) is 2. The molecule has 0 aliphatic rings. The molecule has 0 unspecified atom stereocenters. The lowest BCUT2D eigenvalue weighted by atomic mass is 10.2. The van der Waals surface area contributed by atoms with Crippen LogP contribution in [0.25, 0.3) is 0 Å². The number of amides is 1. The Hall–Kier alpha value is -2.15. The SMILES string of the molecule is CC(C)N(CCCC(=O)O)CC(=O)NNc1ccccn1. The van der Waals surface area contributed by atoms with Crippen molar-refractivity contribution in [2.24, 2.45) is 0 Å². The molecule has 116 valence electrons. The number of hydrogen-bond acceptors (Lipinski definition) is 5. The van der Waals surface area contributed by atoms with Crippen molar-refractivity contribution in [2.75, 3.05) is 18.5 Å². The van der Waals surface area contributed by atoms with Crippen molar-refractivity contribution in [1.29, 1.82) is 0 Å². The molecular formula is C14H22N4O3. The molecule has 0 aliphatic heterocycles. The van der Waals surface area contributed by atoms with E-state index in [9.17, 15) is 9.59 Å². The number of aliphatic carboxylic acids is 1. The molecule has 1 aromatic heterocycles. The van der Waals surface area contributed by atoms with Crippen LogP contribution in [0.3, 0.4) is 0 Å². The first kappa shape index (κ1) is 16.9. The zero-order chi connectivity index (χ0) is 15.7. The number of carboxylic acid groups (broad SMARTS) is 1. The number of carbonyl (C=O) groups excluding carboxylic acids is 1. The van der Waals surface area contributed by atoms with Gasteiger partial charge in [0, 0.05) is 18.7 Å². The van der Waals surface area contributed by atoms with Gasteiger partial charge in [-0.3, -0.25) is 25.3 Å². The smallest absolute Gasteiger partial charge is 0.303 e. The quantitative estimate of drug-likeness (QED) is 0.590.